The van der Waals surface area contributed by atoms with Crippen molar-refractivity contribution in [2.75, 3.05) is 0 Å². The molecule has 2 fully saturated rings. The molecule has 0 heteroatoms. The second-order valence-electron chi connectivity index (χ2n) is 6.03. The first-order chi connectivity index (χ1) is 7.38. The average molecular weight is 208 g/mol. The van der Waals surface area contributed by atoms with E-state index in [-0.39, 0.29) is 0 Å². The molecule has 0 N–H and O–H groups in total. The van der Waals surface area contributed by atoms with Crippen LogP contribution in [0.15, 0.2) is 0 Å². The highest BCUT2D eigenvalue weighted by Crippen LogP contribution is 2.41. The van der Waals surface area contributed by atoms with Gasteiger partial charge in [-0.05, 0) is 24.2 Å². The molecule has 0 bridgehead atoms. The molecule has 2 aliphatic carbocycles. The van der Waals surface area contributed by atoms with Crippen LogP contribution in [-0.4, -0.2) is 0 Å². The summed E-state index contributed by atoms with van der Waals surface area (Å²) in [6.07, 6.45) is 16.7. The van der Waals surface area contributed by atoms with Gasteiger partial charge in [0.05, 0.1) is 0 Å². The normalized spacial score (nSPS) is 39.4. The monoisotopic (exact) mass is 208 g/mol. The van der Waals surface area contributed by atoms with Gasteiger partial charge in [-0.25, -0.2) is 0 Å². The van der Waals surface area contributed by atoms with Crippen molar-refractivity contribution in [2.45, 2.75) is 77.6 Å². The van der Waals surface area contributed by atoms with Crippen LogP contribution in [0, 0.1) is 17.8 Å². The summed E-state index contributed by atoms with van der Waals surface area (Å²) in [4.78, 5) is 0. The van der Waals surface area contributed by atoms with Gasteiger partial charge in [0.1, 0.15) is 0 Å². The fraction of sp³-hybridized carbons (Fsp3) is 1.00. The van der Waals surface area contributed by atoms with Gasteiger partial charge in [-0.2, -0.15) is 0 Å². The van der Waals surface area contributed by atoms with Crippen LogP contribution in [0.4, 0.5) is 0 Å². The van der Waals surface area contributed by atoms with Crippen molar-refractivity contribution < 1.29 is 0 Å². The zero-order valence-electron chi connectivity index (χ0n) is 10.5. The fourth-order valence-corrected chi connectivity index (χ4v) is 3.97. The molecule has 2 aliphatic rings. The lowest BCUT2D eigenvalue weighted by atomic mass is 9.80. The largest absolute Gasteiger partial charge is 0.0622 e. The molecule has 0 aromatic rings. The molecule has 88 valence electrons. The van der Waals surface area contributed by atoms with E-state index in [1.807, 2.05) is 0 Å². The van der Waals surface area contributed by atoms with Crippen molar-refractivity contribution >= 4 is 0 Å². The number of hydrogen-bond acceptors (Lipinski definition) is 0. The second kappa shape index (κ2) is 5.92. The molecule has 15 heavy (non-hydrogen) atoms. The highest BCUT2D eigenvalue weighted by Gasteiger charge is 2.30. The van der Waals surface area contributed by atoms with Gasteiger partial charge >= 0.3 is 0 Å². The molecule has 2 saturated carbocycles. The first-order valence-corrected chi connectivity index (χ1v) is 7.38. The summed E-state index contributed by atoms with van der Waals surface area (Å²) in [5.74, 6) is 3.23. The molecule has 3 atom stereocenters. The second-order valence-corrected chi connectivity index (χ2v) is 6.03. The Hall–Kier alpha value is 0. The minimum absolute atomic E-state index is 1.02. The zero-order valence-corrected chi connectivity index (χ0v) is 10.5. The summed E-state index contributed by atoms with van der Waals surface area (Å²) in [6.45, 7) is 2.53. The first kappa shape index (κ1) is 11.5. The lowest BCUT2D eigenvalue weighted by molar-refractivity contribution is 0.248. The number of fused-ring (bicyclic) bond motifs is 1. The van der Waals surface area contributed by atoms with Gasteiger partial charge in [0.15, 0.2) is 0 Å². The smallest absolute Gasteiger partial charge is 0.0360 e. The molecule has 0 spiro atoms. The maximum Gasteiger partial charge on any atom is -0.0360 e. The van der Waals surface area contributed by atoms with Crippen LogP contribution in [0.25, 0.3) is 0 Å². The van der Waals surface area contributed by atoms with E-state index in [0.717, 1.165) is 17.8 Å². The first-order valence-electron chi connectivity index (χ1n) is 7.38. The zero-order chi connectivity index (χ0) is 10.5. The fourth-order valence-electron chi connectivity index (χ4n) is 3.97. The Bertz CT molecular complexity index is 173. The Morgan fingerprint density at radius 2 is 1.20 bits per heavy atom. The minimum Gasteiger partial charge on any atom is -0.0622 e. The lowest BCUT2D eigenvalue weighted by Crippen LogP contribution is -2.16. The van der Waals surface area contributed by atoms with Crippen LogP contribution in [-0.2, 0) is 0 Å². The summed E-state index contributed by atoms with van der Waals surface area (Å²) >= 11 is 0. The van der Waals surface area contributed by atoms with Crippen LogP contribution in [0.2, 0.25) is 0 Å². The average Bonchev–Trinajstić information content (AvgIpc) is 2.68. The molecular formula is C15H28. The quantitative estimate of drug-likeness (QED) is 0.515. The van der Waals surface area contributed by atoms with Gasteiger partial charge in [0.25, 0.3) is 0 Å². The van der Waals surface area contributed by atoms with Crippen molar-refractivity contribution in [3.05, 3.63) is 0 Å². The molecule has 0 amide bonds. The number of hydrogen-bond donors (Lipinski definition) is 0. The Balaban J connectivity index is 1.90. The SMILES string of the molecule is C[C@@H]1CCCCCCCCC2CCC[C@@H]21. The van der Waals surface area contributed by atoms with E-state index in [2.05, 4.69) is 6.92 Å². The van der Waals surface area contributed by atoms with Gasteiger partial charge in [0.2, 0.25) is 0 Å². The van der Waals surface area contributed by atoms with Crippen LogP contribution in [0.5, 0.6) is 0 Å². The van der Waals surface area contributed by atoms with Crippen molar-refractivity contribution in [2.24, 2.45) is 17.8 Å². The van der Waals surface area contributed by atoms with Crippen molar-refractivity contribution in [1.82, 2.24) is 0 Å². The summed E-state index contributed by atoms with van der Waals surface area (Å²) in [7, 11) is 0. The maximum absolute atomic E-state index is 2.53. The van der Waals surface area contributed by atoms with Crippen LogP contribution < -0.4 is 0 Å². The highest BCUT2D eigenvalue weighted by molar-refractivity contribution is 4.81. The Morgan fingerprint density at radius 1 is 0.600 bits per heavy atom. The van der Waals surface area contributed by atoms with Gasteiger partial charge in [-0.1, -0.05) is 71.1 Å². The molecule has 0 radical (unpaired) electrons. The summed E-state index contributed by atoms with van der Waals surface area (Å²) in [6, 6.07) is 0. The molecule has 0 heterocycles. The van der Waals surface area contributed by atoms with Crippen molar-refractivity contribution in [3.63, 3.8) is 0 Å². The summed E-state index contributed by atoms with van der Waals surface area (Å²) in [5.41, 5.74) is 0. The predicted molar refractivity (Wildman–Crippen MR) is 66.9 cm³/mol. The van der Waals surface area contributed by atoms with E-state index in [4.69, 9.17) is 0 Å². The van der Waals surface area contributed by atoms with Gasteiger partial charge < -0.3 is 0 Å². The van der Waals surface area contributed by atoms with E-state index in [0.29, 0.717) is 0 Å². The molecule has 0 aliphatic heterocycles. The third-order valence-corrected chi connectivity index (χ3v) is 4.93. The Labute approximate surface area is 95.8 Å². The summed E-state index contributed by atoms with van der Waals surface area (Å²) in [5, 5.41) is 0. The molecule has 0 nitrogen and oxygen atoms in total. The molecular weight excluding hydrogens is 180 g/mol. The van der Waals surface area contributed by atoms with Gasteiger partial charge in [-0.15, -0.1) is 0 Å². The minimum atomic E-state index is 1.02. The third-order valence-electron chi connectivity index (χ3n) is 4.93. The van der Waals surface area contributed by atoms with Crippen LogP contribution in [0.3, 0.4) is 0 Å². The molecule has 2 rings (SSSR count). The Kier molecular flexibility index (Phi) is 4.53. The summed E-state index contributed by atoms with van der Waals surface area (Å²) < 4.78 is 0. The van der Waals surface area contributed by atoms with Gasteiger partial charge in [-0.3, -0.25) is 0 Å². The van der Waals surface area contributed by atoms with Crippen molar-refractivity contribution in [1.29, 1.82) is 0 Å². The standard InChI is InChI=1S/C15H28/c1-13-9-6-4-2-3-5-7-10-14-11-8-12-15(13)14/h13-15H,2-12H2,1H3/t13-,14?,15-/m1/s1. The van der Waals surface area contributed by atoms with E-state index < -0.39 is 0 Å². The highest BCUT2D eigenvalue weighted by atomic mass is 14.4. The molecule has 0 aromatic heterocycles. The topological polar surface area (TPSA) is 0 Å². The molecule has 1 unspecified atom stereocenters. The molecule has 0 aromatic carbocycles. The van der Waals surface area contributed by atoms with E-state index in [1.165, 1.54) is 51.4 Å². The van der Waals surface area contributed by atoms with Crippen molar-refractivity contribution in [3.8, 4) is 0 Å². The Morgan fingerprint density at radius 3 is 2.00 bits per heavy atom. The predicted octanol–water partition coefficient (Wildman–Crippen LogP) is 5.17. The van der Waals surface area contributed by atoms with E-state index in [9.17, 15) is 0 Å². The molecule has 0 saturated heterocycles. The lowest BCUT2D eigenvalue weighted by Gasteiger charge is -2.25. The van der Waals surface area contributed by atoms with E-state index in [1.54, 1.807) is 19.3 Å². The third kappa shape index (κ3) is 3.23. The van der Waals surface area contributed by atoms with Crippen LogP contribution in [0.1, 0.15) is 77.6 Å². The number of rotatable bonds is 0. The maximum atomic E-state index is 2.53. The van der Waals surface area contributed by atoms with E-state index >= 15 is 0 Å². The van der Waals surface area contributed by atoms with Crippen LogP contribution >= 0.6 is 0 Å². The van der Waals surface area contributed by atoms with Gasteiger partial charge in [0, 0.05) is 0 Å².